The van der Waals surface area contributed by atoms with Crippen molar-refractivity contribution in [2.24, 2.45) is 5.11 Å². The quantitative estimate of drug-likeness (QED) is 0.0169. The van der Waals surface area contributed by atoms with Crippen molar-refractivity contribution in [1.29, 1.82) is 0 Å². The Morgan fingerprint density at radius 1 is 0.733 bits per heavy atom. The number of anilines is 3. The van der Waals surface area contributed by atoms with Crippen molar-refractivity contribution >= 4 is 47.6 Å². The average Bonchev–Trinajstić information content (AvgIpc) is 3.77. The molecule has 0 spiro atoms. The number of azide groups is 1. The maximum absolute atomic E-state index is 12.1. The first kappa shape index (κ1) is 50.2. The zero-order chi connectivity index (χ0) is 43.1. The standard InChI is InChI=1S/C36H65N13O10S/c1-36(2,3)59-35(52)42-9-8-39-31-46-32(48-33(47-31)41-12-16-55-20-24-58-25-21-56-17-13-43-49-37)40-11-15-54-19-23-57-22-18-53-14-10-38-29(50)7-5-4-6-28-30-27(26-60-28)44-34(51)45-30/h27-28,30H,4-26H2,1-3H3,(H,38,50)(H,42,52)(H2,44,45,51)(H3,39,40,41,46,47,48)/t27-,28-,30-/m0/s1. The van der Waals surface area contributed by atoms with Gasteiger partial charge >= 0.3 is 12.1 Å². The highest BCUT2D eigenvalue weighted by molar-refractivity contribution is 8.00. The summed E-state index contributed by atoms with van der Waals surface area (Å²) in [6.45, 7) is 12.4. The molecule has 0 aromatic carbocycles. The minimum absolute atomic E-state index is 0.0179. The number of unbranched alkanes of at least 4 members (excludes halogenated alkanes) is 1. The van der Waals surface area contributed by atoms with Gasteiger partial charge in [0.15, 0.2) is 0 Å². The smallest absolute Gasteiger partial charge is 0.407 e. The largest absolute Gasteiger partial charge is 0.444 e. The van der Waals surface area contributed by atoms with Gasteiger partial charge in [0.05, 0.1) is 91.4 Å². The van der Waals surface area contributed by atoms with Gasteiger partial charge in [-0.05, 0) is 39.1 Å². The molecule has 60 heavy (non-hydrogen) atoms. The van der Waals surface area contributed by atoms with Crippen molar-refractivity contribution < 1.29 is 47.5 Å². The summed E-state index contributed by atoms with van der Waals surface area (Å²) >= 11 is 1.89. The van der Waals surface area contributed by atoms with Crippen molar-refractivity contribution in [2.75, 3.05) is 140 Å². The number of nitrogens with zero attached hydrogens (tertiary/aromatic N) is 6. The third kappa shape index (κ3) is 24.2. The van der Waals surface area contributed by atoms with Crippen molar-refractivity contribution in [3.63, 3.8) is 0 Å². The van der Waals surface area contributed by atoms with Crippen LogP contribution < -0.4 is 37.2 Å². The summed E-state index contributed by atoms with van der Waals surface area (Å²) in [5.74, 6) is 1.92. The lowest BCUT2D eigenvalue weighted by Crippen LogP contribution is -2.36. The maximum Gasteiger partial charge on any atom is 0.407 e. The van der Waals surface area contributed by atoms with Crippen molar-refractivity contribution in [3.05, 3.63) is 10.4 Å². The van der Waals surface area contributed by atoms with Crippen LogP contribution in [-0.4, -0.2) is 180 Å². The van der Waals surface area contributed by atoms with Gasteiger partial charge in [-0.25, -0.2) is 9.59 Å². The van der Waals surface area contributed by atoms with E-state index >= 15 is 0 Å². The summed E-state index contributed by atoms with van der Waals surface area (Å²) in [6.07, 6.45) is 2.72. The van der Waals surface area contributed by atoms with Gasteiger partial charge < -0.3 is 70.4 Å². The number of carbonyl (C=O) groups is 3. The third-order valence-electron chi connectivity index (χ3n) is 8.31. The van der Waals surface area contributed by atoms with Gasteiger partial charge in [-0.3, -0.25) is 4.79 Å². The number of hydrogen-bond donors (Lipinski definition) is 7. The van der Waals surface area contributed by atoms with E-state index in [1.54, 1.807) is 20.8 Å². The lowest BCUT2D eigenvalue weighted by Gasteiger charge is -2.19. The van der Waals surface area contributed by atoms with E-state index in [4.69, 9.17) is 38.7 Å². The number of thioether (sulfide) groups is 1. The molecule has 0 aliphatic carbocycles. The number of fused-ring (bicyclic) bond motifs is 1. The van der Waals surface area contributed by atoms with E-state index in [9.17, 15) is 14.4 Å². The number of rotatable bonds is 35. The second-order valence-corrected chi connectivity index (χ2v) is 15.6. The monoisotopic (exact) mass is 871 g/mol. The van der Waals surface area contributed by atoms with Crippen LogP contribution in [0.1, 0.15) is 46.5 Å². The Labute approximate surface area is 356 Å². The molecule has 3 atom stereocenters. The highest BCUT2D eigenvalue weighted by Gasteiger charge is 2.42. The zero-order valence-corrected chi connectivity index (χ0v) is 36.0. The molecule has 1 aromatic heterocycles. The molecule has 3 heterocycles. The van der Waals surface area contributed by atoms with Gasteiger partial charge in [-0.1, -0.05) is 11.5 Å². The number of aromatic nitrogens is 3. The third-order valence-corrected chi connectivity index (χ3v) is 9.82. The van der Waals surface area contributed by atoms with E-state index in [-0.39, 0.29) is 37.1 Å². The van der Waals surface area contributed by atoms with Crippen LogP contribution in [0.2, 0.25) is 0 Å². The lowest BCUT2D eigenvalue weighted by atomic mass is 10.0. The first-order valence-corrected chi connectivity index (χ1v) is 21.5. The fraction of sp³-hybridized carbons (Fsp3) is 0.833. The summed E-state index contributed by atoms with van der Waals surface area (Å²) in [6, 6.07) is 0.354. The van der Waals surface area contributed by atoms with Gasteiger partial charge in [-0.15, -0.1) is 0 Å². The molecule has 7 N–H and O–H groups in total. The molecule has 0 unspecified atom stereocenters. The molecule has 1 aromatic rings. The van der Waals surface area contributed by atoms with Crippen LogP contribution in [0.3, 0.4) is 0 Å². The van der Waals surface area contributed by atoms with Gasteiger partial charge in [-0.2, -0.15) is 26.7 Å². The van der Waals surface area contributed by atoms with Crippen LogP contribution in [0.15, 0.2) is 5.11 Å². The van der Waals surface area contributed by atoms with E-state index in [0.717, 1.165) is 25.0 Å². The summed E-state index contributed by atoms with van der Waals surface area (Å²) in [7, 11) is 0. The molecule has 2 aliphatic rings. The van der Waals surface area contributed by atoms with Gasteiger partial charge in [0.1, 0.15) is 5.60 Å². The predicted molar refractivity (Wildman–Crippen MR) is 225 cm³/mol. The van der Waals surface area contributed by atoms with E-state index in [2.05, 4.69) is 62.2 Å². The minimum atomic E-state index is -0.597. The number of alkyl carbamates (subject to hydrolysis) is 1. The molecule has 0 bridgehead atoms. The fourth-order valence-electron chi connectivity index (χ4n) is 5.60. The number of ether oxygens (including phenoxy) is 7. The van der Waals surface area contributed by atoms with Crippen LogP contribution >= 0.6 is 11.8 Å². The van der Waals surface area contributed by atoms with Crippen molar-refractivity contribution in [1.82, 2.24) is 36.2 Å². The van der Waals surface area contributed by atoms with Gasteiger partial charge in [0, 0.05) is 61.6 Å². The molecule has 3 rings (SSSR count). The van der Waals surface area contributed by atoms with Gasteiger partial charge in [0.2, 0.25) is 23.8 Å². The van der Waals surface area contributed by atoms with Crippen LogP contribution in [0.4, 0.5) is 27.4 Å². The van der Waals surface area contributed by atoms with E-state index in [0.29, 0.717) is 135 Å². The molecule has 2 fully saturated rings. The van der Waals surface area contributed by atoms with E-state index < -0.39 is 11.7 Å². The van der Waals surface area contributed by atoms with Crippen LogP contribution in [-0.2, 0) is 38.0 Å². The second-order valence-electron chi connectivity index (χ2n) is 14.4. The molecule has 24 heteroatoms. The van der Waals surface area contributed by atoms with Crippen LogP contribution in [0.25, 0.3) is 10.4 Å². The Kier molecular flexibility index (Phi) is 25.8. The molecule has 2 aliphatic heterocycles. The van der Waals surface area contributed by atoms with Crippen molar-refractivity contribution in [3.8, 4) is 0 Å². The molecular formula is C36H65N13O10S. The summed E-state index contributed by atoms with van der Waals surface area (Å²) in [5.41, 5.74) is 7.65. The molecule has 0 radical (unpaired) electrons. The summed E-state index contributed by atoms with van der Waals surface area (Å²) in [5, 5.41) is 24.7. The Hall–Kier alpha value is -4.16. The van der Waals surface area contributed by atoms with E-state index in [1.807, 2.05) is 11.8 Å². The minimum Gasteiger partial charge on any atom is -0.444 e. The first-order chi connectivity index (χ1) is 29.1. The normalized spacial score (nSPS) is 16.9. The number of hydrogen-bond acceptors (Lipinski definition) is 18. The maximum atomic E-state index is 12.1. The molecular weight excluding hydrogens is 807 g/mol. The first-order valence-electron chi connectivity index (χ1n) is 20.5. The Morgan fingerprint density at radius 2 is 1.27 bits per heavy atom. The molecule has 23 nitrogen and oxygen atoms in total. The Morgan fingerprint density at radius 3 is 1.83 bits per heavy atom. The topological polar surface area (TPSA) is 287 Å². The number of urea groups is 1. The SMILES string of the molecule is CC(C)(C)OC(=O)NCCNc1nc(NCCOCCOCCOCCN=[N+]=[N-])nc(NCCOCCOCCOCCNC(=O)CCCC[C@@H]2SC[C@@H]3NC(=O)N[C@@H]32)n1. The van der Waals surface area contributed by atoms with Crippen LogP contribution in [0.5, 0.6) is 0 Å². The number of nitrogens with one attached hydrogen (secondary N) is 7. The highest BCUT2D eigenvalue weighted by atomic mass is 32.2. The second kappa shape index (κ2) is 30.8. The van der Waals surface area contributed by atoms with E-state index in [1.165, 1.54) is 0 Å². The lowest BCUT2D eigenvalue weighted by molar-refractivity contribution is -0.121. The van der Waals surface area contributed by atoms with Gasteiger partial charge in [0.25, 0.3) is 0 Å². The fourth-order valence-corrected chi connectivity index (χ4v) is 7.14. The van der Waals surface area contributed by atoms with Crippen molar-refractivity contribution in [2.45, 2.75) is 69.4 Å². The predicted octanol–water partition coefficient (Wildman–Crippen LogP) is 1.88. The average molecular weight is 872 g/mol. The Balaban J connectivity index is 1.20. The summed E-state index contributed by atoms with van der Waals surface area (Å²) < 4.78 is 38.4. The number of carbonyl (C=O) groups excluding carboxylic acids is 3. The molecule has 4 amide bonds. The highest BCUT2D eigenvalue weighted by Crippen LogP contribution is 2.33. The molecule has 0 saturated carbocycles. The summed E-state index contributed by atoms with van der Waals surface area (Å²) in [4.78, 5) is 51.6. The Bertz CT molecular complexity index is 1430. The molecule has 2 saturated heterocycles. The number of amides is 4. The zero-order valence-electron chi connectivity index (χ0n) is 35.2. The molecule has 340 valence electrons. The van der Waals surface area contributed by atoms with Crippen LogP contribution in [0, 0.1) is 0 Å².